The Morgan fingerprint density at radius 3 is 1.07 bits per heavy atom. The summed E-state index contributed by atoms with van der Waals surface area (Å²) in [4.78, 5) is 26.4. The largest absolute Gasteiger partial charge is 0.308 e. The van der Waals surface area contributed by atoms with E-state index in [1.165, 1.54) is 55.6 Å². The molecule has 0 aliphatic heterocycles. The van der Waals surface area contributed by atoms with E-state index in [-0.39, 0.29) is 0 Å². The minimum absolute atomic E-state index is 0.548. The molecule has 0 saturated carbocycles. The molecule has 0 aliphatic carbocycles. The first-order chi connectivity index (χ1) is 35.6. The van der Waals surface area contributed by atoms with E-state index in [9.17, 15) is 0 Å². The van der Waals surface area contributed by atoms with Crippen molar-refractivity contribution >= 4 is 21.8 Å². The van der Waals surface area contributed by atoms with Crippen molar-refractivity contribution in [3.8, 4) is 96.0 Å². The topological polar surface area (TPSA) is 69.4 Å². The van der Waals surface area contributed by atoms with Crippen LogP contribution in [0.15, 0.2) is 206 Å². The normalized spacial score (nSPS) is 11.4. The second-order valence-electron chi connectivity index (χ2n) is 19.3. The molecule has 0 radical (unpaired) electrons. The van der Waals surface area contributed by atoms with E-state index in [0.717, 1.165) is 72.3 Å². The number of fused-ring (bicyclic) bond motifs is 3. The predicted octanol–water partition coefficient (Wildman–Crippen LogP) is 16.9. The van der Waals surface area contributed by atoms with Crippen molar-refractivity contribution < 1.29 is 0 Å². The molecule has 6 nitrogen and oxygen atoms in total. The van der Waals surface area contributed by atoms with Gasteiger partial charge >= 0.3 is 0 Å². The molecule has 9 aromatic carbocycles. The molecule has 12 rings (SSSR count). The molecular weight excluding hydrogens is 889 g/mol. The molecule has 0 amide bonds. The molecule has 0 fully saturated rings. The summed E-state index contributed by atoms with van der Waals surface area (Å²) in [7, 11) is 0. The lowest BCUT2D eigenvalue weighted by Crippen LogP contribution is -2.04. The number of benzene rings is 9. The van der Waals surface area contributed by atoms with Gasteiger partial charge in [0.1, 0.15) is 0 Å². The maximum atomic E-state index is 5.48. The van der Waals surface area contributed by atoms with Crippen molar-refractivity contribution in [1.82, 2.24) is 29.5 Å². The Morgan fingerprint density at radius 1 is 0.288 bits per heavy atom. The summed E-state index contributed by atoms with van der Waals surface area (Å²) in [6.07, 6.45) is 0. The average Bonchev–Trinajstić information content (AvgIpc) is 3.73. The third-order valence-electron chi connectivity index (χ3n) is 14.0. The molecule has 6 heteroatoms. The van der Waals surface area contributed by atoms with Crippen LogP contribution < -0.4 is 0 Å². The zero-order valence-electron chi connectivity index (χ0n) is 41.8. The monoisotopic (exact) mass is 940 g/mol. The highest BCUT2D eigenvalue weighted by Crippen LogP contribution is 2.43. The van der Waals surface area contributed by atoms with E-state index in [1.54, 1.807) is 0 Å². The first-order valence-corrected chi connectivity index (χ1v) is 24.9. The van der Waals surface area contributed by atoms with Crippen molar-refractivity contribution in [3.63, 3.8) is 0 Å². The molecule has 0 atom stereocenters. The summed E-state index contributed by atoms with van der Waals surface area (Å²) in [5.74, 6) is 2.32. The van der Waals surface area contributed by atoms with Gasteiger partial charge in [0.05, 0.1) is 28.1 Å². The minimum atomic E-state index is 0.548. The van der Waals surface area contributed by atoms with Crippen LogP contribution >= 0.6 is 0 Å². The lowest BCUT2D eigenvalue weighted by molar-refractivity contribution is 1.07. The molecule has 0 saturated heterocycles. The van der Waals surface area contributed by atoms with Crippen molar-refractivity contribution in [1.29, 1.82) is 0 Å². The maximum absolute atomic E-state index is 5.48. The highest BCUT2D eigenvalue weighted by atomic mass is 15.0. The first kappa shape index (κ1) is 45.0. The molecule has 0 spiro atoms. The number of rotatable bonds is 9. The van der Waals surface area contributed by atoms with Crippen LogP contribution in [0.1, 0.15) is 33.4 Å². The van der Waals surface area contributed by atoms with Gasteiger partial charge in [-0.25, -0.2) is 24.9 Å². The van der Waals surface area contributed by atoms with Crippen LogP contribution in [0.3, 0.4) is 0 Å². The molecule has 12 aromatic rings. The average molecular weight is 941 g/mol. The molecule has 350 valence electrons. The zero-order valence-corrected chi connectivity index (χ0v) is 41.8. The Labute approximate surface area is 426 Å². The summed E-state index contributed by atoms with van der Waals surface area (Å²) in [6, 6.07) is 72.7. The second-order valence-corrected chi connectivity index (χ2v) is 19.3. The standard InChI is InChI=1S/C67H52N6/c1-41-33-43(3)62(44(4)34-41)51-27-30-59-54(37-51)55-38-52(63-45(5)35-42(2)36-46(63)6)28-31-60(55)73(59)61-32-29-53(66-71-64(49-23-15-9-16-24-49)70-65(72-66)50-25-17-10-18-26-50)39-56(61)67-68-57(47-19-11-7-12-20-47)40-58(69-67)48-21-13-8-14-22-48/h7-40H,1-6H3. The lowest BCUT2D eigenvalue weighted by atomic mass is 9.91. The van der Waals surface area contributed by atoms with Crippen molar-refractivity contribution in [2.45, 2.75) is 41.5 Å². The quantitative estimate of drug-likeness (QED) is 0.144. The smallest absolute Gasteiger partial charge is 0.164 e. The Morgan fingerprint density at radius 2 is 0.658 bits per heavy atom. The van der Waals surface area contributed by atoms with E-state index in [2.05, 4.69) is 180 Å². The van der Waals surface area contributed by atoms with Crippen LogP contribution in [0.5, 0.6) is 0 Å². The number of hydrogen-bond donors (Lipinski definition) is 0. The number of aromatic nitrogens is 6. The summed E-state index contributed by atoms with van der Waals surface area (Å²) < 4.78 is 2.40. The molecule has 0 aliphatic rings. The SMILES string of the molecule is Cc1cc(C)c(-c2ccc3c(c2)c2cc(-c4c(C)cc(C)cc4C)ccc2n3-c2ccc(-c3nc(-c4ccccc4)nc(-c4ccccc4)n3)cc2-c2nc(-c3ccccc3)cc(-c3ccccc3)n2)c(C)c1. The molecule has 73 heavy (non-hydrogen) atoms. The first-order valence-electron chi connectivity index (χ1n) is 24.9. The van der Waals surface area contributed by atoms with E-state index < -0.39 is 0 Å². The fourth-order valence-electron chi connectivity index (χ4n) is 10.9. The Bertz CT molecular complexity index is 3790. The van der Waals surface area contributed by atoms with Crippen LogP contribution in [0.25, 0.3) is 118 Å². The highest BCUT2D eigenvalue weighted by Gasteiger charge is 2.23. The van der Waals surface area contributed by atoms with Crippen LogP contribution in [0.4, 0.5) is 0 Å². The second kappa shape index (κ2) is 18.6. The van der Waals surface area contributed by atoms with Crippen LogP contribution in [0, 0.1) is 41.5 Å². The number of hydrogen-bond acceptors (Lipinski definition) is 5. The van der Waals surface area contributed by atoms with E-state index >= 15 is 0 Å². The van der Waals surface area contributed by atoms with Crippen LogP contribution in [-0.4, -0.2) is 29.5 Å². The Hall–Kier alpha value is -9.13. The highest BCUT2D eigenvalue weighted by molar-refractivity contribution is 6.12. The van der Waals surface area contributed by atoms with Crippen LogP contribution in [-0.2, 0) is 0 Å². The third-order valence-corrected chi connectivity index (χ3v) is 14.0. The van der Waals surface area contributed by atoms with Gasteiger partial charge in [-0.3, -0.25) is 0 Å². The van der Waals surface area contributed by atoms with E-state index in [1.807, 2.05) is 72.8 Å². The fourth-order valence-corrected chi connectivity index (χ4v) is 10.9. The van der Waals surface area contributed by atoms with Gasteiger partial charge < -0.3 is 4.57 Å². The number of nitrogens with zero attached hydrogens (tertiary/aromatic N) is 6. The van der Waals surface area contributed by atoms with E-state index in [4.69, 9.17) is 24.9 Å². The van der Waals surface area contributed by atoms with Gasteiger partial charge in [-0.05, 0) is 135 Å². The molecule has 3 aromatic heterocycles. The van der Waals surface area contributed by atoms with Crippen molar-refractivity contribution in [3.05, 3.63) is 240 Å². The van der Waals surface area contributed by atoms with Gasteiger partial charge in [-0.1, -0.05) is 169 Å². The van der Waals surface area contributed by atoms with Crippen molar-refractivity contribution in [2.24, 2.45) is 0 Å². The summed E-state index contributed by atoms with van der Waals surface area (Å²) in [6.45, 7) is 13.2. The van der Waals surface area contributed by atoms with Crippen molar-refractivity contribution in [2.75, 3.05) is 0 Å². The van der Waals surface area contributed by atoms with Gasteiger partial charge in [0.25, 0.3) is 0 Å². The van der Waals surface area contributed by atoms with Gasteiger partial charge in [0.2, 0.25) is 0 Å². The molecule has 3 heterocycles. The molecule has 0 unspecified atom stereocenters. The lowest BCUT2D eigenvalue weighted by Gasteiger charge is -2.17. The predicted molar refractivity (Wildman–Crippen MR) is 302 cm³/mol. The molecular formula is C67H52N6. The number of aryl methyl sites for hydroxylation is 6. The summed E-state index contributed by atoms with van der Waals surface area (Å²) in [5, 5.41) is 2.32. The maximum Gasteiger partial charge on any atom is 0.164 e. The van der Waals surface area contributed by atoms with Gasteiger partial charge in [0, 0.05) is 44.2 Å². The van der Waals surface area contributed by atoms with Gasteiger partial charge in [-0.15, -0.1) is 0 Å². The summed E-state index contributed by atoms with van der Waals surface area (Å²) in [5.41, 5.74) is 22.7. The molecule has 0 bridgehead atoms. The Balaban J connectivity index is 1.16. The zero-order chi connectivity index (χ0) is 49.7. The fraction of sp³-hybridized carbons (Fsp3) is 0.0896. The van der Waals surface area contributed by atoms with E-state index in [0.29, 0.717) is 23.3 Å². The minimum Gasteiger partial charge on any atom is -0.308 e. The third kappa shape index (κ3) is 8.47. The Kier molecular flexibility index (Phi) is 11.5. The van der Waals surface area contributed by atoms with Gasteiger partial charge in [0.15, 0.2) is 23.3 Å². The summed E-state index contributed by atoms with van der Waals surface area (Å²) >= 11 is 0. The van der Waals surface area contributed by atoms with Crippen LogP contribution in [0.2, 0.25) is 0 Å². The van der Waals surface area contributed by atoms with Gasteiger partial charge in [-0.2, -0.15) is 0 Å². The molecule has 0 N–H and O–H groups in total.